The molecule has 0 fully saturated rings. The number of rotatable bonds is 4. The molecule has 8 heteroatoms. The highest BCUT2D eigenvalue weighted by molar-refractivity contribution is 7.13. The van der Waals surface area contributed by atoms with E-state index in [0.29, 0.717) is 16.7 Å². The van der Waals surface area contributed by atoms with Gasteiger partial charge in [0.2, 0.25) is 0 Å². The van der Waals surface area contributed by atoms with Crippen molar-refractivity contribution in [2.75, 3.05) is 0 Å². The minimum absolute atomic E-state index is 0.226. The normalized spacial score (nSPS) is 10.6. The van der Waals surface area contributed by atoms with Crippen molar-refractivity contribution in [2.45, 2.75) is 6.54 Å². The average molecular weight is 274 g/mol. The Hall–Kier alpha value is -2.32. The molecule has 3 aromatic rings. The Kier molecular flexibility index (Phi) is 3.17. The van der Waals surface area contributed by atoms with Gasteiger partial charge >= 0.3 is 11.2 Å². The van der Waals surface area contributed by atoms with Crippen molar-refractivity contribution in [1.82, 2.24) is 25.0 Å². The van der Waals surface area contributed by atoms with Crippen molar-refractivity contribution in [3.05, 3.63) is 41.7 Å². The molecule has 0 saturated heterocycles. The molecule has 96 valence electrons. The smallest absolute Gasteiger partial charge is 0.343 e. The monoisotopic (exact) mass is 274 g/mol. The second-order valence-corrected chi connectivity index (χ2v) is 4.60. The molecule has 2 heterocycles. The minimum Gasteiger partial charge on any atom is -0.393 e. The molecule has 0 saturated carbocycles. The first-order valence-electron chi connectivity index (χ1n) is 5.52. The number of para-hydroxylation sites is 1. The third-order valence-corrected chi connectivity index (χ3v) is 3.12. The van der Waals surface area contributed by atoms with Gasteiger partial charge < -0.3 is 10.5 Å². The molecule has 0 aliphatic rings. The van der Waals surface area contributed by atoms with E-state index < -0.39 is 0 Å². The molecular weight excluding hydrogens is 264 g/mol. The lowest BCUT2D eigenvalue weighted by Gasteiger charge is -1.97. The number of nitrogens with two attached hydrogens (primary N) is 1. The molecule has 0 atom stereocenters. The van der Waals surface area contributed by atoms with Crippen LogP contribution in [0.4, 0.5) is 0 Å². The molecule has 7 nitrogen and oxygen atoms in total. The fourth-order valence-electron chi connectivity index (χ4n) is 1.44. The van der Waals surface area contributed by atoms with Crippen LogP contribution in [0.15, 0.2) is 36.7 Å². The quantitative estimate of drug-likeness (QED) is 0.772. The lowest BCUT2D eigenvalue weighted by atomic mass is 10.3. The van der Waals surface area contributed by atoms with E-state index in [-0.39, 0.29) is 6.01 Å². The fourth-order valence-corrected chi connectivity index (χ4v) is 2.00. The van der Waals surface area contributed by atoms with Crippen LogP contribution in [-0.2, 0) is 6.54 Å². The zero-order chi connectivity index (χ0) is 13.1. The number of ether oxygens (including phenoxy) is 1. The molecule has 0 unspecified atom stereocenters. The largest absolute Gasteiger partial charge is 0.393 e. The van der Waals surface area contributed by atoms with Crippen LogP contribution in [0.2, 0.25) is 0 Å². The van der Waals surface area contributed by atoms with Gasteiger partial charge in [-0.3, -0.25) is 0 Å². The molecule has 0 bridgehead atoms. The molecule has 0 spiro atoms. The first-order chi connectivity index (χ1) is 9.35. The SMILES string of the molecule is NCc1nnc(Oc2ncn(-c3ccccc3)n2)s1. The average Bonchev–Trinajstić information content (AvgIpc) is 3.09. The maximum Gasteiger partial charge on any atom is 0.343 e. The van der Waals surface area contributed by atoms with Crippen LogP contribution < -0.4 is 10.5 Å². The summed E-state index contributed by atoms with van der Waals surface area (Å²) in [7, 11) is 0. The Morgan fingerprint density at radius 3 is 2.79 bits per heavy atom. The molecule has 0 radical (unpaired) electrons. The Balaban J connectivity index is 1.78. The Morgan fingerprint density at radius 1 is 1.21 bits per heavy atom. The highest BCUT2D eigenvalue weighted by Gasteiger charge is 2.09. The van der Waals surface area contributed by atoms with Crippen LogP contribution in [0, 0.1) is 0 Å². The lowest BCUT2D eigenvalue weighted by Crippen LogP contribution is -1.94. The molecule has 0 aliphatic heterocycles. The molecular formula is C11H10N6OS. The van der Waals surface area contributed by atoms with Crippen LogP contribution in [0.1, 0.15) is 5.01 Å². The summed E-state index contributed by atoms with van der Waals surface area (Å²) in [5.41, 5.74) is 6.36. The van der Waals surface area contributed by atoms with Crippen LogP contribution in [0.3, 0.4) is 0 Å². The number of aromatic nitrogens is 5. The summed E-state index contributed by atoms with van der Waals surface area (Å²) in [6, 6.07) is 9.87. The summed E-state index contributed by atoms with van der Waals surface area (Å²) >= 11 is 1.27. The van der Waals surface area contributed by atoms with Crippen molar-refractivity contribution in [2.24, 2.45) is 5.73 Å². The zero-order valence-corrected chi connectivity index (χ0v) is 10.6. The zero-order valence-electron chi connectivity index (χ0n) is 9.80. The van der Waals surface area contributed by atoms with Crippen molar-refractivity contribution >= 4 is 11.3 Å². The second kappa shape index (κ2) is 5.12. The van der Waals surface area contributed by atoms with E-state index in [2.05, 4.69) is 20.3 Å². The van der Waals surface area contributed by atoms with Gasteiger partial charge in [-0.2, -0.15) is 4.98 Å². The Morgan fingerprint density at radius 2 is 2.05 bits per heavy atom. The number of nitrogens with zero attached hydrogens (tertiary/aromatic N) is 5. The minimum atomic E-state index is 0.226. The predicted octanol–water partition coefficient (Wildman–Crippen LogP) is 1.37. The van der Waals surface area contributed by atoms with Gasteiger partial charge in [-0.15, -0.1) is 10.2 Å². The van der Waals surface area contributed by atoms with Crippen molar-refractivity contribution in [1.29, 1.82) is 0 Å². The number of hydrogen-bond acceptors (Lipinski definition) is 7. The van der Waals surface area contributed by atoms with Crippen molar-refractivity contribution < 1.29 is 4.74 Å². The van der Waals surface area contributed by atoms with Gasteiger partial charge in [0.05, 0.1) is 5.69 Å². The predicted molar refractivity (Wildman–Crippen MR) is 69.2 cm³/mol. The molecule has 1 aromatic carbocycles. The summed E-state index contributed by atoms with van der Waals surface area (Å²) in [4.78, 5) is 4.06. The van der Waals surface area contributed by atoms with Gasteiger partial charge in [0.1, 0.15) is 11.3 Å². The number of hydrogen-bond donors (Lipinski definition) is 1. The maximum absolute atomic E-state index is 5.45. The Bertz CT molecular complexity index is 665. The van der Waals surface area contributed by atoms with E-state index in [1.54, 1.807) is 11.0 Å². The molecule has 2 N–H and O–H groups in total. The summed E-state index contributed by atoms with van der Waals surface area (Å²) in [5, 5.41) is 13.0. The van der Waals surface area contributed by atoms with E-state index in [9.17, 15) is 0 Å². The van der Waals surface area contributed by atoms with Gasteiger partial charge in [-0.25, -0.2) is 4.68 Å². The first-order valence-corrected chi connectivity index (χ1v) is 6.34. The highest BCUT2D eigenvalue weighted by Crippen LogP contribution is 2.22. The van der Waals surface area contributed by atoms with Gasteiger partial charge in [0.25, 0.3) is 0 Å². The first kappa shape index (κ1) is 11.8. The molecule has 3 rings (SSSR count). The summed E-state index contributed by atoms with van der Waals surface area (Å²) < 4.78 is 7.03. The van der Waals surface area contributed by atoms with Crippen LogP contribution in [-0.4, -0.2) is 25.0 Å². The van der Waals surface area contributed by atoms with Crippen molar-refractivity contribution in [3.63, 3.8) is 0 Å². The lowest BCUT2D eigenvalue weighted by molar-refractivity contribution is 0.434. The van der Waals surface area contributed by atoms with Gasteiger partial charge in [0.15, 0.2) is 0 Å². The third kappa shape index (κ3) is 2.59. The van der Waals surface area contributed by atoms with E-state index in [0.717, 1.165) is 5.69 Å². The fraction of sp³-hybridized carbons (Fsp3) is 0.0909. The van der Waals surface area contributed by atoms with Crippen molar-refractivity contribution in [3.8, 4) is 16.9 Å². The standard InChI is InChI=1S/C11H10N6OS/c12-6-9-14-15-11(19-9)18-10-13-7-17(16-10)8-4-2-1-3-5-8/h1-5,7H,6,12H2. The Labute approximate surface area is 112 Å². The third-order valence-electron chi connectivity index (χ3n) is 2.29. The van der Waals surface area contributed by atoms with E-state index in [4.69, 9.17) is 10.5 Å². The van der Waals surface area contributed by atoms with Gasteiger partial charge in [-0.05, 0) is 12.1 Å². The van der Waals surface area contributed by atoms with E-state index in [1.165, 1.54) is 11.3 Å². The summed E-state index contributed by atoms with van der Waals surface area (Å²) in [6.07, 6.45) is 1.58. The molecule has 19 heavy (non-hydrogen) atoms. The van der Waals surface area contributed by atoms with Gasteiger partial charge in [-0.1, -0.05) is 34.6 Å². The number of benzene rings is 1. The summed E-state index contributed by atoms with van der Waals surface area (Å²) in [6.45, 7) is 0.340. The molecule has 2 aromatic heterocycles. The van der Waals surface area contributed by atoms with Crippen LogP contribution >= 0.6 is 11.3 Å². The molecule has 0 amide bonds. The van der Waals surface area contributed by atoms with E-state index in [1.807, 2.05) is 30.3 Å². The van der Waals surface area contributed by atoms with Gasteiger partial charge in [0, 0.05) is 6.54 Å². The topological polar surface area (TPSA) is 91.7 Å². The van der Waals surface area contributed by atoms with E-state index >= 15 is 0 Å². The molecule has 0 aliphatic carbocycles. The second-order valence-electron chi connectivity index (χ2n) is 3.58. The highest BCUT2D eigenvalue weighted by atomic mass is 32.1. The summed E-state index contributed by atoms with van der Waals surface area (Å²) in [5.74, 6) is 0. The van der Waals surface area contributed by atoms with Crippen LogP contribution in [0.25, 0.3) is 5.69 Å². The van der Waals surface area contributed by atoms with Crippen LogP contribution in [0.5, 0.6) is 11.2 Å². The maximum atomic E-state index is 5.45.